The molecule has 108 valence electrons. The Morgan fingerprint density at radius 1 is 1.05 bits per heavy atom. The lowest BCUT2D eigenvalue weighted by Crippen LogP contribution is -2.03. The van der Waals surface area contributed by atoms with Crippen LogP contribution in [0.3, 0.4) is 0 Å². The first-order chi connectivity index (χ1) is 9.97. The van der Waals surface area contributed by atoms with Crippen molar-refractivity contribution in [2.75, 3.05) is 5.32 Å². The molecular formula is C18H18BrNO. The molecule has 2 nitrogen and oxygen atoms in total. The van der Waals surface area contributed by atoms with E-state index in [0.29, 0.717) is 5.56 Å². The summed E-state index contributed by atoms with van der Waals surface area (Å²) in [5, 5.41) is 3.32. The van der Waals surface area contributed by atoms with Gasteiger partial charge in [0.25, 0.3) is 0 Å². The van der Waals surface area contributed by atoms with Crippen LogP contribution in [0, 0.1) is 13.8 Å². The first-order valence-corrected chi connectivity index (χ1v) is 7.58. The molecule has 0 saturated heterocycles. The average Bonchev–Trinajstić information content (AvgIpc) is 2.43. The molecule has 0 aliphatic rings. The van der Waals surface area contributed by atoms with Gasteiger partial charge in [-0.1, -0.05) is 34.1 Å². The predicted octanol–water partition coefficient (Wildman–Crippen LogP) is 5.26. The third kappa shape index (κ3) is 4.05. The van der Waals surface area contributed by atoms with Gasteiger partial charge in [0.15, 0.2) is 5.78 Å². The monoisotopic (exact) mass is 343 g/mol. The van der Waals surface area contributed by atoms with Gasteiger partial charge in [-0.3, -0.25) is 4.79 Å². The Morgan fingerprint density at radius 2 is 1.62 bits per heavy atom. The van der Waals surface area contributed by atoms with Crippen LogP contribution in [-0.2, 0) is 0 Å². The molecule has 1 N–H and O–H groups in total. The zero-order valence-electron chi connectivity index (χ0n) is 12.4. The van der Waals surface area contributed by atoms with E-state index < -0.39 is 0 Å². The molecule has 0 fully saturated rings. The van der Waals surface area contributed by atoms with E-state index in [1.54, 1.807) is 6.08 Å². The van der Waals surface area contributed by atoms with Crippen LogP contribution in [0.4, 0.5) is 5.69 Å². The smallest absolute Gasteiger partial charge is 0.187 e. The van der Waals surface area contributed by atoms with E-state index in [1.165, 1.54) is 11.1 Å². The van der Waals surface area contributed by atoms with Crippen molar-refractivity contribution in [2.24, 2.45) is 0 Å². The standard InChI is InChI=1S/C18H18BrNO/c1-12-5-4-6-13(2)18(12)20-14(3)11-17(21)15-7-9-16(19)10-8-15/h4-11,20H,1-3H3/b14-11+. The first-order valence-electron chi connectivity index (χ1n) is 6.79. The zero-order chi connectivity index (χ0) is 15.4. The van der Waals surface area contributed by atoms with Crippen molar-refractivity contribution in [3.8, 4) is 0 Å². The Kier molecular flexibility index (Phi) is 4.97. The van der Waals surface area contributed by atoms with Gasteiger partial charge < -0.3 is 5.32 Å². The zero-order valence-corrected chi connectivity index (χ0v) is 14.0. The summed E-state index contributed by atoms with van der Waals surface area (Å²) >= 11 is 3.37. The Balaban J connectivity index is 2.18. The van der Waals surface area contributed by atoms with E-state index in [1.807, 2.05) is 37.3 Å². The number of benzene rings is 2. The molecule has 2 rings (SSSR count). The minimum atomic E-state index is -0.00117. The highest BCUT2D eigenvalue weighted by molar-refractivity contribution is 9.10. The molecule has 0 saturated carbocycles. The minimum absolute atomic E-state index is 0.00117. The van der Waals surface area contributed by atoms with Gasteiger partial charge in [-0.15, -0.1) is 0 Å². The number of carbonyl (C=O) groups excluding carboxylic acids is 1. The number of hydrogen-bond acceptors (Lipinski definition) is 2. The topological polar surface area (TPSA) is 29.1 Å². The van der Waals surface area contributed by atoms with Crippen LogP contribution < -0.4 is 5.32 Å². The van der Waals surface area contributed by atoms with Gasteiger partial charge >= 0.3 is 0 Å². The number of anilines is 1. The Hall–Kier alpha value is -1.87. The number of ketones is 1. The first kappa shape index (κ1) is 15.5. The molecule has 0 aliphatic carbocycles. The van der Waals surface area contributed by atoms with Crippen molar-refractivity contribution in [1.82, 2.24) is 0 Å². The third-order valence-electron chi connectivity index (χ3n) is 3.28. The summed E-state index contributed by atoms with van der Waals surface area (Å²) in [7, 11) is 0. The maximum absolute atomic E-state index is 12.2. The molecule has 0 aliphatic heterocycles. The lowest BCUT2D eigenvalue weighted by Gasteiger charge is -2.12. The molecule has 2 aromatic rings. The number of para-hydroxylation sites is 1. The van der Waals surface area contributed by atoms with Crippen molar-refractivity contribution >= 4 is 27.4 Å². The fourth-order valence-electron chi connectivity index (χ4n) is 2.14. The van der Waals surface area contributed by atoms with E-state index in [9.17, 15) is 4.79 Å². The lowest BCUT2D eigenvalue weighted by molar-refractivity contribution is 0.104. The molecule has 0 atom stereocenters. The minimum Gasteiger partial charge on any atom is -0.359 e. The van der Waals surface area contributed by atoms with Gasteiger partial charge in [-0.25, -0.2) is 0 Å². The largest absolute Gasteiger partial charge is 0.359 e. The number of allylic oxidation sites excluding steroid dienone is 2. The van der Waals surface area contributed by atoms with Crippen LogP contribution >= 0.6 is 15.9 Å². The molecule has 0 heterocycles. The molecule has 0 amide bonds. The van der Waals surface area contributed by atoms with Gasteiger partial charge in [0, 0.05) is 27.5 Å². The van der Waals surface area contributed by atoms with Gasteiger partial charge in [-0.05, 0) is 56.2 Å². The van der Waals surface area contributed by atoms with Crippen molar-refractivity contribution in [1.29, 1.82) is 0 Å². The van der Waals surface area contributed by atoms with Crippen LogP contribution in [0.1, 0.15) is 28.4 Å². The Labute approximate surface area is 134 Å². The molecule has 0 unspecified atom stereocenters. The van der Waals surface area contributed by atoms with Crippen molar-refractivity contribution in [2.45, 2.75) is 20.8 Å². The van der Waals surface area contributed by atoms with E-state index >= 15 is 0 Å². The quantitative estimate of drug-likeness (QED) is 0.605. The van der Waals surface area contributed by atoms with Gasteiger partial charge in [0.1, 0.15) is 0 Å². The summed E-state index contributed by atoms with van der Waals surface area (Å²) in [6.07, 6.45) is 1.63. The molecule has 0 spiro atoms. The maximum atomic E-state index is 12.2. The molecule has 3 heteroatoms. The number of hydrogen-bond donors (Lipinski definition) is 1. The molecule has 0 bridgehead atoms. The number of nitrogens with one attached hydrogen (secondary N) is 1. The summed E-state index contributed by atoms with van der Waals surface area (Å²) < 4.78 is 0.966. The maximum Gasteiger partial charge on any atom is 0.187 e. The van der Waals surface area contributed by atoms with Gasteiger partial charge in [0.05, 0.1) is 0 Å². The van der Waals surface area contributed by atoms with Crippen LogP contribution in [0.2, 0.25) is 0 Å². The summed E-state index contributed by atoms with van der Waals surface area (Å²) in [6.45, 7) is 6.01. The third-order valence-corrected chi connectivity index (χ3v) is 3.81. The second kappa shape index (κ2) is 6.72. The highest BCUT2D eigenvalue weighted by Crippen LogP contribution is 2.21. The Bertz CT molecular complexity index is 667. The number of rotatable bonds is 4. The highest BCUT2D eigenvalue weighted by atomic mass is 79.9. The van der Waals surface area contributed by atoms with E-state index in [4.69, 9.17) is 0 Å². The average molecular weight is 344 g/mol. The Morgan fingerprint density at radius 3 is 2.19 bits per heavy atom. The fraction of sp³-hybridized carbons (Fsp3) is 0.167. The predicted molar refractivity (Wildman–Crippen MR) is 91.8 cm³/mol. The lowest BCUT2D eigenvalue weighted by atomic mass is 10.1. The second-order valence-electron chi connectivity index (χ2n) is 5.09. The van der Waals surface area contributed by atoms with Crippen LogP contribution in [0.25, 0.3) is 0 Å². The summed E-state index contributed by atoms with van der Waals surface area (Å²) in [5.41, 5.74) is 4.91. The van der Waals surface area contributed by atoms with Crippen molar-refractivity contribution in [3.63, 3.8) is 0 Å². The SMILES string of the molecule is C/C(=C\C(=O)c1ccc(Br)cc1)Nc1c(C)cccc1C. The van der Waals surface area contributed by atoms with E-state index in [-0.39, 0.29) is 5.78 Å². The molecule has 2 aromatic carbocycles. The molecule has 21 heavy (non-hydrogen) atoms. The van der Waals surface area contributed by atoms with E-state index in [2.05, 4.69) is 47.2 Å². The second-order valence-corrected chi connectivity index (χ2v) is 6.01. The molecule has 0 aromatic heterocycles. The van der Waals surface area contributed by atoms with Crippen LogP contribution in [-0.4, -0.2) is 5.78 Å². The number of halogens is 1. The van der Waals surface area contributed by atoms with Crippen molar-refractivity contribution < 1.29 is 4.79 Å². The van der Waals surface area contributed by atoms with Gasteiger partial charge in [0.2, 0.25) is 0 Å². The summed E-state index contributed by atoms with van der Waals surface area (Å²) in [5.74, 6) is -0.00117. The summed E-state index contributed by atoms with van der Waals surface area (Å²) in [4.78, 5) is 12.2. The summed E-state index contributed by atoms with van der Waals surface area (Å²) in [6, 6.07) is 13.5. The molecule has 0 radical (unpaired) electrons. The van der Waals surface area contributed by atoms with Crippen molar-refractivity contribution in [3.05, 3.63) is 75.4 Å². The number of carbonyl (C=O) groups is 1. The van der Waals surface area contributed by atoms with E-state index in [0.717, 1.165) is 15.9 Å². The number of aryl methyl sites for hydroxylation is 2. The molecular weight excluding hydrogens is 326 g/mol. The normalized spacial score (nSPS) is 11.3. The highest BCUT2D eigenvalue weighted by Gasteiger charge is 2.05. The fourth-order valence-corrected chi connectivity index (χ4v) is 2.40. The van der Waals surface area contributed by atoms with Crippen LogP contribution in [0.5, 0.6) is 0 Å². The van der Waals surface area contributed by atoms with Crippen LogP contribution in [0.15, 0.2) is 58.7 Å². The van der Waals surface area contributed by atoms with Gasteiger partial charge in [-0.2, -0.15) is 0 Å².